The molecule has 2 aliphatic carbocycles. The van der Waals surface area contributed by atoms with Gasteiger partial charge in [-0.25, -0.2) is 0 Å². The van der Waals surface area contributed by atoms with Gasteiger partial charge < -0.3 is 9.64 Å². The number of ether oxygens (including phenoxy) is 1. The fraction of sp³-hybridized carbons (Fsp3) is 0.429. The highest BCUT2D eigenvalue weighted by atomic mass is 16.5. The molecule has 1 saturated carbocycles. The number of carbonyl (C=O) groups is 4. The molecular formula is C21H22N2O5. The summed E-state index contributed by atoms with van der Waals surface area (Å²) in [6.45, 7) is 1.03. The van der Waals surface area contributed by atoms with Gasteiger partial charge in [0.2, 0.25) is 11.8 Å². The van der Waals surface area contributed by atoms with Crippen molar-refractivity contribution in [1.82, 2.24) is 4.90 Å². The molecule has 5 atom stereocenters. The predicted molar refractivity (Wildman–Crippen MR) is 99.8 cm³/mol. The van der Waals surface area contributed by atoms with Crippen molar-refractivity contribution in [2.24, 2.45) is 23.7 Å². The molecule has 2 bridgehead atoms. The van der Waals surface area contributed by atoms with Gasteiger partial charge in [-0.2, -0.15) is 0 Å². The zero-order valence-corrected chi connectivity index (χ0v) is 15.8. The summed E-state index contributed by atoms with van der Waals surface area (Å²) in [6.07, 6.45) is 3.81. The van der Waals surface area contributed by atoms with E-state index >= 15 is 0 Å². The molecule has 0 radical (unpaired) electrons. The highest BCUT2D eigenvalue weighted by Crippen LogP contribution is 2.52. The van der Waals surface area contributed by atoms with Crippen molar-refractivity contribution < 1.29 is 23.9 Å². The van der Waals surface area contributed by atoms with Gasteiger partial charge in [0.1, 0.15) is 6.54 Å². The summed E-state index contributed by atoms with van der Waals surface area (Å²) >= 11 is 0. The molecule has 7 nitrogen and oxygen atoms in total. The van der Waals surface area contributed by atoms with Crippen LogP contribution in [0.3, 0.4) is 0 Å². The molecule has 146 valence electrons. The molecule has 28 heavy (non-hydrogen) atoms. The Morgan fingerprint density at radius 1 is 1.11 bits per heavy atom. The summed E-state index contributed by atoms with van der Waals surface area (Å²) in [5, 5.41) is 0. The molecule has 2 fully saturated rings. The van der Waals surface area contributed by atoms with Gasteiger partial charge in [-0.05, 0) is 37.3 Å². The maximum atomic E-state index is 12.6. The lowest BCUT2D eigenvalue weighted by atomic mass is 9.85. The molecule has 3 aliphatic rings. The molecule has 1 saturated heterocycles. The normalized spacial score (nSPS) is 28.4. The number of rotatable bonds is 5. The number of likely N-dealkylation sites (tertiary alicyclic amines) is 1. The number of hydrogen-bond donors (Lipinski definition) is 0. The van der Waals surface area contributed by atoms with Gasteiger partial charge in [-0.1, -0.05) is 30.4 Å². The van der Waals surface area contributed by atoms with Gasteiger partial charge in [0.15, 0.2) is 6.10 Å². The Kier molecular flexibility index (Phi) is 4.53. The number of nitrogens with zero attached hydrogens (tertiary/aromatic N) is 2. The van der Waals surface area contributed by atoms with Gasteiger partial charge in [0, 0.05) is 12.7 Å². The Labute approximate surface area is 162 Å². The van der Waals surface area contributed by atoms with Crippen LogP contribution in [0.5, 0.6) is 0 Å². The third kappa shape index (κ3) is 2.91. The SMILES string of the molecule is CC(OC(=O)CN1C(=O)C2C3C=CC(C3)C2C1=O)C(=O)N(C)c1ccccc1. The summed E-state index contributed by atoms with van der Waals surface area (Å²) in [6, 6.07) is 9.00. The highest BCUT2D eigenvalue weighted by Gasteiger charge is 2.59. The second-order valence-corrected chi connectivity index (χ2v) is 7.63. The van der Waals surface area contributed by atoms with Crippen molar-refractivity contribution in [3.63, 3.8) is 0 Å². The first kappa shape index (κ1) is 18.4. The molecule has 5 unspecified atom stereocenters. The Hall–Kier alpha value is -2.96. The number of hydrogen-bond acceptors (Lipinski definition) is 5. The number of para-hydroxylation sites is 1. The molecule has 1 heterocycles. The van der Waals surface area contributed by atoms with Crippen LogP contribution >= 0.6 is 0 Å². The van der Waals surface area contributed by atoms with Crippen LogP contribution in [-0.4, -0.2) is 48.3 Å². The van der Waals surface area contributed by atoms with E-state index in [9.17, 15) is 19.2 Å². The van der Waals surface area contributed by atoms with Gasteiger partial charge in [-0.3, -0.25) is 24.1 Å². The van der Waals surface area contributed by atoms with E-state index in [1.54, 1.807) is 31.3 Å². The number of allylic oxidation sites excluding steroid dienone is 2. The Morgan fingerprint density at radius 2 is 1.68 bits per heavy atom. The first-order chi connectivity index (χ1) is 13.4. The minimum atomic E-state index is -1.03. The van der Waals surface area contributed by atoms with E-state index in [1.165, 1.54) is 11.8 Å². The first-order valence-corrected chi connectivity index (χ1v) is 9.44. The number of benzene rings is 1. The quantitative estimate of drug-likeness (QED) is 0.437. The van der Waals surface area contributed by atoms with Crippen molar-refractivity contribution in [1.29, 1.82) is 0 Å². The van der Waals surface area contributed by atoms with Crippen LogP contribution in [0.1, 0.15) is 13.3 Å². The number of carbonyl (C=O) groups excluding carboxylic acids is 4. The smallest absolute Gasteiger partial charge is 0.326 e. The summed E-state index contributed by atoms with van der Waals surface area (Å²) in [5.74, 6) is -2.27. The third-order valence-electron chi connectivity index (χ3n) is 5.98. The van der Waals surface area contributed by atoms with Gasteiger partial charge in [0.05, 0.1) is 11.8 Å². The number of esters is 1. The number of anilines is 1. The number of imide groups is 1. The minimum Gasteiger partial charge on any atom is -0.451 e. The van der Waals surface area contributed by atoms with Crippen LogP contribution in [0.25, 0.3) is 0 Å². The number of amides is 3. The molecule has 0 N–H and O–H groups in total. The third-order valence-corrected chi connectivity index (χ3v) is 5.98. The molecule has 0 aromatic heterocycles. The lowest BCUT2D eigenvalue weighted by molar-refractivity contribution is -0.159. The van der Waals surface area contributed by atoms with Crippen molar-refractivity contribution in [3.8, 4) is 0 Å². The topological polar surface area (TPSA) is 84.0 Å². The molecule has 1 aromatic carbocycles. The van der Waals surface area contributed by atoms with Crippen LogP contribution in [-0.2, 0) is 23.9 Å². The number of likely N-dealkylation sites (N-methyl/N-ethyl adjacent to an activating group) is 1. The van der Waals surface area contributed by atoms with E-state index in [2.05, 4.69) is 0 Å². The molecule has 1 aromatic rings. The Morgan fingerprint density at radius 3 is 2.25 bits per heavy atom. The lowest BCUT2D eigenvalue weighted by Gasteiger charge is -2.22. The summed E-state index contributed by atoms with van der Waals surface area (Å²) in [5.41, 5.74) is 0.677. The fourth-order valence-corrected chi connectivity index (χ4v) is 4.59. The van der Waals surface area contributed by atoms with Crippen LogP contribution < -0.4 is 4.90 Å². The molecule has 7 heteroatoms. The fourth-order valence-electron chi connectivity index (χ4n) is 4.59. The first-order valence-electron chi connectivity index (χ1n) is 9.44. The highest BCUT2D eigenvalue weighted by molar-refractivity contribution is 6.08. The van der Waals surface area contributed by atoms with Gasteiger partial charge in [0.25, 0.3) is 5.91 Å². The standard InChI is InChI=1S/C21H22N2O5/c1-12(19(25)22(2)15-6-4-3-5-7-15)28-16(24)11-23-20(26)17-13-8-9-14(10-13)18(17)21(23)27/h3-9,12-14,17-18H,10-11H2,1-2H3. The molecule has 1 aliphatic heterocycles. The summed E-state index contributed by atoms with van der Waals surface area (Å²) in [4.78, 5) is 52.4. The molecule has 0 spiro atoms. The molecule has 4 rings (SSSR count). The number of fused-ring (bicyclic) bond motifs is 5. The average Bonchev–Trinajstić information content (AvgIpc) is 3.37. The second kappa shape index (κ2) is 6.89. The lowest BCUT2D eigenvalue weighted by Crippen LogP contribution is -2.42. The van der Waals surface area contributed by atoms with E-state index in [-0.39, 0.29) is 35.5 Å². The van der Waals surface area contributed by atoms with Crippen LogP contribution in [0.2, 0.25) is 0 Å². The van der Waals surface area contributed by atoms with Crippen LogP contribution in [0.15, 0.2) is 42.5 Å². The largest absolute Gasteiger partial charge is 0.451 e. The Bertz CT molecular complexity index is 835. The van der Waals surface area contributed by atoms with Crippen molar-refractivity contribution >= 4 is 29.4 Å². The van der Waals surface area contributed by atoms with Crippen LogP contribution in [0, 0.1) is 23.7 Å². The molecular weight excluding hydrogens is 360 g/mol. The Balaban J connectivity index is 1.36. The monoisotopic (exact) mass is 382 g/mol. The van der Waals surface area contributed by atoms with Crippen molar-refractivity contribution in [2.75, 3.05) is 18.5 Å². The predicted octanol–water partition coefficient (Wildman–Crippen LogP) is 1.39. The zero-order valence-electron chi connectivity index (χ0n) is 15.8. The maximum absolute atomic E-state index is 12.6. The van der Waals surface area contributed by atoms with E-state index in [4.69, 9.17) is 4.74 Å². The second-order valence-electron chi connectivity index (χ2n) is 7.63. The zero-order chi connectivity index (χ0) is 20.0. The van der Waals surface area contributed by atoms with Crippen molar-refractivity contribution in [3.05, 3.63) is 42.5 Å². The van der Waals surface area contributed by atoms with Crippen LogP contribution in [0.4, 0.5) is 5.69 Å². The maximum Gasteiger partial charge on any atom is 0.326 e. The van der Waals surface area contributed by atoms with E-state index in [0.29, 0.717) is 5.69 Å². The molecule has 3 amide bonds. The van der Waals surface area contributed by atoms with Gasteiger partial charge >= 0.3 is 5.97 Å². The average molecular weight is 382 g/mol. The summed E-state index contributed by atoms with van der Waals surface area (Å²) in [7, 11) is 1.60. The van der Waals surface area contributed by atoms with E-state index in [0.717, 1.165) is 11.3 Å². The van der Waals surface area contributed by atoms with Gasteiger partial charge in [-0.15, -0.1) is 0 Å². The van der Waals surface area contributed by atoms with E-state index in [1.807, 2.05) is 18.2 Å². The summed E-state index contributed by atoms with van der Waals surface area (Å²) < 4.78 is 5.21. The van der Waals surface area contributed by atoms with Crippen molar-refractivity contribution in [2.45, 2.75) is 19.4 Å². The minimum absolute atomic E-state index is 0.0903. The van der Waals surface area contributed by atoms with E-state index < -0.39 is 24.5 Å².